The molecular formula is C12H28F2. The molecular weight excluding hydrogens is 182 g/mol. The summed E-state index contributed by atoms with van der Waals surface area (Å²) >= 11 is 0. The second-order valence-corrected chi connectivity index (χ2v) is 3.35. The molecule has 0 heterocycles. The second kappa shape index (κ2) is 12.9. The maximum absolute atomic E-state index is 11.5. The highest BCUT2D eigenvalue weighted by molar-refractivity contribution is 4.50. The summed E-state index contributed by atoms with van der Waals surface area (Å²) in [6.45, 7) is 13.1. The van der Waals surface area contributed by atoms with Crippen molar-refractivity contribution in [3.05, 3.63) is 0 Å². The van der Waals surface area contributed by atoms with Gasteiger partial charge < -0.3 is 0 Å². The van der Waals surface area contributed by atoms with Gasteiger partial charge in [-0.25, -0.2) is 8.78 Å². The Hall–Kier alpha value is -0.140. The summed E-state index contributed by atoms with van der Waals surface area (Å²) in [6, 6.07) is 0. The van der Waals surface area contributed by atoms with E-state index in [9.17, 15) is 8.78 Å². The third-order valence-corrected chi connectivity index (χ3v) is 2.01. The summed E-state index contributed by atoms with van der Waals surface area (Å²) in [5.74, 6) is -1.52. The molecule has 0 aliphatic carbocycles. The van der Waals surface area contributed by atoms with E-state index in [2.05, 4.69) is 20.8 Å². The molecule has 0 aromatic heterocycles. The van der Waals surface area contributed by atoms with Crippen LogP contribution >= 0.6 is 0 Å². The average molecular weight is 210 g/mol. The maximum Gasteiger partial charge on any atom is 0.245 e. The van der Waals surface area contributed by atoms with E-state index in [0.717, 1.165) is 12.8 Å². The summed E-state index contributed by atoms with van der Waals surface area (Å²) in [4.78, 5) is 0. The largest absolute Gasteiger partial charge is 0.245 e. The number of hydrogen-bond donors (Lipinski definition) is 0. The third kappa shape index (κ3) is 29.7. The topological polar surface area (TPSA) is 0 Å². The Balaban J connectivity index is -0.000000147. The van der Waals surface area contributed by atoms with Crippen LogP contribution in [-0.4, -0.2) is 5.92 Å². The molecule has 90 valence electrons. The lowest BCUT2D eigenvalue weighted by Gasteiger charge is -2.02. The minimum atomic E-state index is -2.46. The normalized spacial score (nSPS) is 9.86. The lowest BCUT2D eigenvalue weighted by molar-refractivity contribution is 0.0181. The third-order valence-electron chi connectivity index (χ3n) is 2.01. The molecule has 0 unspecified atom stereocenters. The molecule has 0 aromatic rings. The summed E-state index contributed by atoms with van der Waals surface area (Å²) in [7, 11) is 0. The molecule has 0 atom stereocenters. The monoisotopic (exact) mass is 210 g/mol. The molecule has 0 rings (SSSR count). The van der Waals surface area contributed by atoms with E-state index in [0.29, 0.717) is 0 Å². The number of alkyl halides is 2. The van der Waals surface area contributed by atoms with Gasteiger partial charge >= 0.3 is 0 Å². The zero-order valence-corrected chi connectivity index (χ0v) is 11.0. The molecule has 0 bridgehead atoms. The molecule has 0 saturated heterocycles. The standard InChI is InChI=1S/C6H14.C4H8F2.C2H6/c1-4-6(3)5-2;1-3-4(2,5)6;1-2/h6H,4-5H2,1-3H3;3H2,1-2H3;1-2H3. The first-order chi connectivity index (χ1) is 6.37. The summed E-state index contributed by atoms with van der Waals surface area (Å²) in [6.07, 6.45) is 2.60. The second-order valence-electron chi connectivity index (χ2n) is 3.35. The maximum atomic E-state index is 11.5. The van der Waals surface area contributed by atoms with Crippen LogP contribution in [0.5, 0.6) is 0 Å². The van der Waals surface area contributed by atoms with E-state index in [-0.39, 0.29) is 6.42 Å². The van der Waals surface area contributed by atoms with Gasteiger partial charge in [-0.2, -0.15) is 0 Å². The zero-order chi connectivity index (χ0) is 12.2. The van der Waals surface area contributed by atoms with Crippen molar-refractivity contribution in [1.29, 1.82) is 0 Å². The van der Waals surface area contributed by atoms with E-state index in [1.807, 2.05) is 13.8 Å². The van der Waals surface area contributed by atoms with Crippen LogP contribution in [0, 0.1) is 5.92 Å². The number of hydrogen-bond acceptors (Lipinski definition) is 0. The lowest BCUT2D eigenvalue weighted by Crippen LogP contribution is -2.05. The SMILES string of the molecule is CC.CCC(C)(F)F.CCC(C)CC. The Morgan fingerprint density at radius 2 is 1.21 bits per heavy atom. The highest BCUT2D eigenvalue weighted by Gasteiger charge is 2.15. The van der Waals surface area contributed by atoms with Crippen molar-refractivity contribution in [1.82, 2.24) is 0 Å². The molecule has 0 amide bonds. The van der Waals surface area contributed by atoms with Crippen molar-refractivity contribution in [3.8, 4) is 0 Å². The Morgan fingerprint density at radius 3 is 1.21 bits per heavy atom. The first-order valence-electron chi connectivity index (χ1n) is 5.75. The molecule has 0 aliphatic heterocycles. The fraction of sp³-hybridized carbons (Fsp3) is 1.00. The van der Waals surface area contributed by atoms with Gasteiger partial charge in [0.05, 0.1) is 0 Å². The van der Waals surface area contributed by atoms with Gasteiger partial charge in [-0.3, -0.25) is 0 Å². The summed E-state index contributed by atoms with van der Waals surface area (Å²) in [5.41, 5.74) is 0. The van der Waals surface area contributed by atoms with Crippen LogP contribution in [0.3, 0.4) is 0 Å². The van der Waals surface area contributed by atoms with E-state index in [1.165, 1.54) is 19.8 Å². The van der Waals surface area contributed by atoms with Crippen molar-refractivity contribution in [2.75, 3.05) is 0 Å². The summed E-state index contributed by atoms with van der Waals surface area (Å²) < 4.78 is 22.9. The zero-order valence-electron chi connectivity index (χ0n) is 11.0. The smallest absolute Gasteiger partial charge is 0.207 e. The molecule has 0 spiro atoms. The van der Waals surface area contributed by atoms with Crippen molar-refractivity contribution in [2.45, 2.75) is 73.7 Å². The van der Waals surface area contributed by atoms with E-state index >= 15 is 0 Å². The van der Waals surface area contributed by atoms with E-state index in [4.69, 9.17) is 0 Å². The first kappa shape index (κ1) is 19.4. The molecule has 0 aliphatic rings. The molecule has 0 aromatic carbocycles. The Kier molecular flexibility index (Phi) is 17.9. The minimum Gasteiger partial charge on any atom is -0.207 e. The quantitative estimate of drug-likeness (QED) is 0.575. The fourth-order valence-corrected chi connectivity index (χ4v) is 0.289. The van der Waals surface area contributed by atoms with Crippen LogP contribution in [0.15, 0.2) is 0 Å². The molecule has 0 nitrogen and oxygen atoms in total. The molecule has 0 N–H and O–H groups in total. The predicted octanol–water partition coefficient (Wildman–Crippen LogP) is 5.52. The average Bonchev–Trinajstić information content (AvgIpc) is 2.19. The van der Waals surface area contributed by atoms with Gasteiger partial charge in [0.2, 0.25) is 5.92 Å². The van der Waals surface area contributed by atoms with Gasteiger partial charge in [0.1, 0.15) is 0 Å². The minimum absolute atomic E-state index is 0.0625. The van der Waals surface area contributed by atoms with Crippen LogP contribution in [-0.2, 0) is 0 Å². The molecule has 0 radical (unpaired) electrons. The Bertz CT molecular complexity index is 80.8. The van der Waals surface area contributed by atoms with Gasteiger partial charge in [0.15, 0.2) is 0 Å². The molecule has 14 heavy (non-hydrogen) atoms. The Labute approximate surface area is 89.1 Å². The van der Waals surface area contributed by atoms with Crippen molar-refractivity contribution >= 4 is 0 Å². The fourth-order valence-electron chi connectivity index (χ4n) is 0.289. The highest BCUT2D eigenvalue weighted by atomic mass is 19.3. The van der Waals surface area contributed by atoms with Crippen molar-refractivity contribution in [2.24, 2.45) is 5.92 Å². The highest BCUT2D eigenvalue weighted by Crippen LogP contribution is 2.14. The van der Waals surface area contributed by atoms with Gasteiger partial charge in [-0.05, 0) is 12.8 Å². The van der Waals surface area contributed by atoms with Crippen molar-refractivity contribution < 1.29 is 8.78 Å². The Morgan fingerprint density at radius 1 is 1.00 bits per heavy atom. The predicted molar refractivity (Wildman–Crippen MR) is 62.0 cm³/mol. The summed E-state index contributed by atoms with van der Waals surface area (Å²) in [5, 5.41) is 0. The van der Waals surface area contributed by atoms with Crippen LogP contribution in [0.4, 0.5) is 8.78 Å². The number of halogens is 2. The molecule has 0 fully saturated rings. The van der Waals surface area contributed by atoms with Gasteiger partial charge in [0.25, 0.3) is 0 Å². The van der Waals surface area contributed by atoms with Crippen LogP contribution in [0.1, 0.15) is 67.7 Å². The number of rotatable bonds is 3. The van der Waals surface area contributed by atoms with Gasteiger partial charge in [-0.1, -0.05) is 54.4 Å². The van der Waals surface area contributed by atoms with Crippen LogP contribution in [0.2, 0.25) is 0 Å². The molecule has 2 heteroatoms. The van der Waals surface area contributed by atoms with Gasteiger partial charge in [0, 0.05) is 6.42 Å². The van der Waals surface area contributed by atoms with Crippen molar-refractivity contribution in [3.63, 3.8) is 0 Å². The lowest BCUT2D eigenvalue weighted by atomic mass is 10.1. The van der Waals surface area contributed by atoms with E-state index in [1.54, 1.807) is 0 Å². The molecule has 0 saturated carbocycles. The van der Waals surface area contributed by atoms with Crippen LogP contribution in [0.25, 0.3) is 0 Å². The van der Waals surface area contributed by atoms with E-state index < -0.39 is 5.92 Å². The first-order valence-corrected chi connectivity index (χ1v) is 5.75. The van der Waals surface area contributed by atoms with Crippen LogP contribution < -0.4 is 0 Å². The van der Waals surface area contributed by atoms with Gasteiger partial charge in [-0.15, -0.1) is 0 Å².